The standard InChI is InChI=1S/C17H24ClN3O.ClH/c1-21(16-10-14-5-6-15(11-16)19-14)8-7-17(22)20-13-4-2-3-12(18)9-13;/h2-4,9,14-16,19H,5-8,10-11H2,1H3,(H,20,22);1H. The van der Waals surface area contributed by atoms with Gasteiger partial charge in [0.25, 0.3) is 0 Å². The van der Waals surface area contributed by atoms with Gasteiger partial charge >= 0.3 is 0 Å². The molecule has 128 valence electrons. The molecule has 0 saturated carbocycles. The summed E-state index contributed by atoms with van der Waals surface area (Å²) in [6.45, 7) is 0.802. The summed E-state index contributed by atoms with van der Waals surface area (Å²) in [6.07, 6.45) is 5.56. The number of benzene rings is 1. The molecule has 2 unspecified atom stereocenters. The molecule has 2 heterocycles. The average molecular weight is 358 g/mol. The number of halogens is 2. The normalized spacial score (nSPS) is 26.0. The summed E-state index contributed by atoms with van der Waals surface area (Å²) in [5.41, 5.74) is 0.764. The monoisotopic (exact) mass is 357 g/mol. The fourth-order valence-electron chi connectivity index (χ4n) is 3.64. The van der Waals surface area contributed by atoms with E-state index in [0.29, 0.717) is 29.6 Å². The second-order valence-corrected chi connectivity index (χ2v) is 6.99. The van der Waals surface area contributed by atoms with Crippen molar-refractivity contribution in [3.8, 4) is 0 Å². The zero-order valence-electron chi connectivity index (χ0n) is 13.4. The number of hydrogen-bond donors (Lipinski definition) is 2. The summed E-state index contributed by atoms with van der Waals surface area (Å²) in [7, 11) is 2.14. The number of anilines is 1. The molecule has 2 aliphatic heterocycles. The molecule has 2 N–H and O–H groups in total. The van der Waals surface area contributed by atoms with Gasteiger partial charge in [0.1, 0.15) is 0 Å². The van der Waals surface area contributed by atoms with Gasteiger partial charge in [-0.25, -0.2) is 0 Å². The Balaban J connectivity index is 0.00000192. The van der Waals surface area contributed by atoms with Gasteiger partial charge in [0.05, 0.1) is 0 Å². The van der Waals surface area contributed by atoms with Crippen LogP contribution in [0.25, 0.3) is 0 Å². The Morgan fingerprint density at radius 1 is 1.35 bits per heavy atom. The number of nitrogens with one attached hydrogen (secondary N) is 2. The summed E-state index contributed by atoms with van der Waals surface area (Å²) in [5.74, 6) is 0.0472. The fraction of sp³-hybridized carbons (Fsp3) is 0.588. The highest BCUT2D eigenvalue weighted by atomic mass is 35.5. The minimum atomic E-state index is 0. The van der Waals surface area contributed by atoms with Gasteiger partial charge in [-0.2, -0.15) is 0 Å². The van der Waals surface area contributed by atoms with Crippen LogP contribution < -0.4 is 10.6 Å². The first-order chi connectivity index (χ1) is 10.6. The molecule has 2 aliphatic rings. The Kier molecular flexibility index (Phi) is 6.72. The van der Waals surface area contributed by atoms with Crippen LogP contribution in [0.15, 0.2) is 24.3 Å². The molecule has 2 saturated heterocycles. The van der Waals surface area contributed by atoms with E-state index < -0.39 is 0 Å². The minimum absolute atomic E-state index is 0. The molecule has 4 nitrogen and oxygen atoms in total. The van der Waals surface area contributed by atoms with E-state index in [9.17, 15) is 4.79 Å². The van der Waals surface area contributed by atoms with Crippen molar-refractivity contribution in [3.63, 3.8) is 0 Å². The van der Waals surface area contributed by atoms with Crippen molar-refractivity contribution < 1.29 is 4.79 Å². The molecular weight excluding hydrogens is 333 g/mol. The van der Waals surface area contributed by atoms with Gasteiger partial charge in [0, 0.05) is 41.8 Å². The van der Waals surface area contributed by atoms with E-state index >= 15 is 0 Å². The highest BCUT2D eigenvalue weighted by molar-refractivity contribution is 6.30. The Morgan fingerprint density at radius 2 is 2.04 bits per heavy atom. The van der Waals surface area contributed by atoms with Crippen molar-refractivity contribution in [1.82, 2.24) is 10.2 Å². The first-order valence-electron chi connectivity index (χ1n) is 8.12. The lowest BCUT2D eigenvalue weighted by Crippen LogP contribution is -2.47. The molecule has 0 aliphatic carbocycles. The van der Waals surface area contributed by atoms with Crippen LogP contribution in [0.4, 0.5) is 5.69 Å². The molecule has 0 radical (unpaired) electrons. The van der Waals surface area contributed by atoms with Crippen LogP contribution in [0.5, 0.6) is 0 Å². The number of nitrogens with zero attached hydrogens (tertiary/aromatic N) is 1. The molecule has 0 aromatic heterocycles. The van der Waals surface area contributed by atoms with Gasteiger partial charge in [-0.05, 0) is 50.9 Å². The number of fused-ring (bicyclic) bond motifs is 2. The van der Waals surface area contributed by atoms with Gasteiger partial charge in [-0.1, -0.05) is 17.7 Å². The van der Waals surface area contributed by atoms with Crippen LogP contribution in [0.1, 0.15) is 32.1 Å². The van der Waals surface area contributed by atoms with Crippen molar-refractivity contribution in [2.24, 2.45) is 0 Å². The van der Waals surface area contributed by atoms with Crippen LogP contribution in [-0.2, 0) is 4.79 Å². The third-order valence-electron chi connectivity index (χ3n) is 4.87. The van der Waals surface area contributed by atoms with E-state index in [-0.39, 0.29) is 18.3 Å². The Morgan fingerprint density at radius 3 is 2.70 bits per heavy atom. The van der Waals surface area contributed by atoms with E-state index in [0.717, 1.165) is 12.2 Å². The zero-order valence-corrected chi connectivity index (χ0v) is 15.0. The highest BCUT2D eigenvalue weighted by Crippen LogP contribution is 2.29. The largest absolute Gasteiger partial charge is 0.326 e. The first kappa shape index (κ1) is 18.5. The lowest BCUT2D eigenvalue weighted by atomic mass is 9.98. The van der Waals surface area contributed by atoms with Gasteiger partial charge in [0.15, 0.2) is 0 Å². The quantitative estimate of drug-likeness (QED) is 0.849. The minimum Gasteiger partial charge on any atom is -0.326 e. The number of hydrogen-bond acceptors (Lipinski definition) is 3. The van der Waals surface area contributed by atoms with E-state index in [1.54, 1.807) is 12.1 Å². The lowest BCUT2D eigenvalue weighted by Gasteiger charge is -2.35. The van der Waals surface area contributed by atoms with Gasteiger partial charge in [-0.3, -0.25) is 4.79 Å². The molecule has 2 atom stereocenters. The van der Waals surface area contributed by atoms with Crippen LogP contribution >= 0.6 is 24.0 Å². The maximum absolute atomic E-state index is 12.1. The molecule has 23 heavy (non-hydrogen) atoms. The summed E-state index contributed by atoms with van der Waals surface area (Å²) in [5, 5.41) is 7.21. The second kappa shape index (κ2) is 8.34. The van der Waals surface area contributed by atoms with Gasteiger partial charge in [0.2, 0.25) is 5.91 Å². The van der Waals surface area contributed by atoms with Crippen LogP contribution in [0, 0.1) is 0 Å². The molecule has 3 rings (SSSR count). The molecule has 6 heteroatoms. The smallest absolute Gasteiger partial charge is 0.225 e. The predicted octanol–water partition coefficient (Wildman–Crippen LogP) is 3.31. The number of piperidine rings is 1. The molecule has 1 aromatic rings. The summed E-state index contributed by atoms with van der Waals surface area (Å²) in [6, 6.07) is 9.26. The van der Waals surface area contributed by atoms with Crippen molar-refractivity contribution in [2.75, 3.05) is 18.9 Å². The van der Waals surface area contributed by atoms with Crippen molar-refractivity contribution >= 4 is 35.6 Å². The fourth-order valence-corrected chi connectivity index (χ4v) is 3.83. The second-order valence-electron chi connectivity index (χ2n) is 6.55. The molecular formula is C17H25Cl2N3O. The van der Waals surface area contributed by atoms with E-state index in [1.165, 1.54) is 25.7 Å². The van der Waals surface area contributed by atoms with Crippen molar-refractivity contribution in [3.05, 3.63) is 29.3 Å². The Labute approximate surface area is 149 Å². The van der Waals surface area contributed by atoms with E-state index in [4.69, 9.17) is 11.6 Å². The molecule has 2 fully saturated rings. The summed E-state index contributed by atoms with van der Waals surface area (Å²) >= 11 is 5.93. The van der Waals surface area contributed by atoms with Crippen molar-refractivity contribution in [2.45, 2.75) is 50.2 Å². The SMILES string of the molecule is CN(CCC(=O)Nc1cccc(Cl)c1)C1CC2CCC(C1)N2.Cl. The van der Waals surface area contributed by atoms with Crippen molar-refractivity contribution in [1.29, 1.82) is 0 Å². The van der Waals surface area contributed by atoms with E-state index in [2.05, 4.69) is 22.6 Å². The molecule has 0 spiro atoms. The molecule has 1 aromatic carbocycles. The van der Waals surface area contributed by atoms with E-state index in [1.807, 2.05) is 12.1 Å². The maximum Gasteiger partial charge on any atom is 0.225 e. The van der Waals surface area contributed by atoms with Crippen LogP contribution in [-0.4, -0.2) is 42.5 Å². The predicted molar refractivity (Wildman–Crippen MR) is 97.5 cm³/mol. The number of rotatable bonds is 5. The zero-order chi connectivity index (χ0) is 15.5. The molecule has 1 amide bonds. The first-order valence-corrected chi connectivity index (χ1v) is 8.49. The summed E-state index contributed by atoms with van der Waals surface area (Å²) in [4.78, 5) is 14.4. The molecule has 2 bridgehead atoms. The number of amides is 1. The van der Waals surface area contributed by atoms with Crippen LogP contribution in [0.3, 0.4) is 0 Å². The Bertz CT molecular complexity index is 528. The van der Waals surface area contributed by atoms with Gasteiger partial charge < -0.3 is 15.5 Å². The third-order valence-corrected chi connectivity index (χ3v) is 5.11. The Hall–Kier alpha value is -0.810. The summed E-state index contributed by atoms with van der Waals surface area (Å²) < 4.78 is 0. The van der Waals surface area contributed by atoms with Gasteiger partial charge in [-0.15, -0.1) is 12.4 Å². The number of carbonyl (C=O) groups is 1. The number of carbonyl (C=O) groups excluding carboxylic acids is 1. The maximum atomic E-state index is 12.1. The highest BCUT2D eigenvalue weighted by Gasteiger charge is 2.34. The topological polar surface area (TPSA) is 44.4 Å². The lowest BCUT2D eigenvalue weighted by molar-refractivity contribution is -0.116. The van der Waals surface area contributed by atoms with Crippen LogP contribution in [0.2, 0.25) is 5.02 Å². The average Bonchev–Trinajstić information content (AvgIpc) is 2.83. The third kappa shape index (κ3) is 5.08.